The van der Waals surface area contributed by atoms with Crippen LogP contribution in [0.4, 0.5) is 10.5 Å². The third kappa shape index (κ3) is 6.08. The Morgan fingerprint density at radius 3 is 2.12 bits per heavy atom. The van der Waals surface area contributed by atoms with Crippen molar-refractivity contribution in [3.63, 3.8) is 0 Å². The van der Waals surface area contributed by atoms with E-state index in [9.17, 15) is 9.59 Å². The van der Waals surface area contributed by atoms with Crippen molar-refractivity contribution in [3.8, 4) is 0 Å². The van der Waals surface area contributed by atoms with Crippen LogP contribution in [0.3, 0.4) is 0 Å². The number of rotatable bonds is 4. The molecule has 0 aliphatic carbocycles. The molecule has 0 aliphatic heterocycles. The molecule has 0 fully saturated rings. The van der Waals surface area contributed by atoms with E-state index >= 15 is 0 Å². The summed E-state index contributed by atoms with van der Waals surface area (Å²) in [5, 5.41) is 6.21. The molecule has 0 saturated carbocycles. The van der Waals surface area contributed by atoms with Crippen LogP contribution in [0.1, 0.15) is 49.7 Å². The van der Waals surface area contributed by atoms with Crippen molar-refractivity contribution >= 4 is 29.3 Å². The van der Waals surface area contributed by atoms with Crippen LogP contribution in [0.15, 0.2) is 48.5 Å². The highest BCUT2D eigenvalue weighted by atomic mass is 35.5. The van der Waals surface area contributed by atoms with Gasteiger partial charge in [0.05, 0.1) is 6.04 Å². The Kier molecular flexibility index (Phi) is 6.27. The molecule has 0 aromatic heterocycles. The molecule has 138 valence electrons. The fraction of sp³-hybridized carbons (Fsp3) is 0.300. The van der Waals surface area contributed by atoms with Crippen LogP contribution in [0.5, 0.6) is 0 Å². The molecular weight excluding hydrogens is 352 g/mol. The second-order valence-corrected chi connectivity index (χ2v) is 7.39. The fourth-order valence-electron chi connectivity index (χ4n) is 2.24. The molecule has 1 atom stereocenters. The minimum absolute atomic E-state index is 0.153. The summed E-state index contributed by atoms with van der Waals surface area (Å²) in [7, 11) is 0. The van der Waals surface area contributed by atoms with E-state index in [1.54, 1.807) is 57.2 Å². The molecule has 0 unspecified atom stereocenters. The fourth-order valence-corrected chi connectivity index (χ4v) is 2.37. The van der Waals surface area contributed by atoms with Crippen molar-refractivity contribution in [1.29, 1.82) is 0 Å². The Labute approximate surface area is 158 Å². The first kappa shape index (κ1) is 19.8. The van der Waals surface area contributed by atoms with Crippen molar-refractivity contribution in [2.24, 2.45) is 0 Å². The van der Waals surface area contributed by atoms with E-state index in [2.05, 4.69) is 10.6 Å². The molecule has 2 rings (SSSR count). The zero-order valence-electron chi connectivity index (χ0n) is 15.3. The lowest BCUT2D eigenvalue weighted by atomic mass is 10.1. The zero-order chi connectivity index (χ0) is 19.3. The number of benzene rings is 2. The summed E-state index contributed by atoms with van der Waals surface area (Å²) in [6.07, 6.45) is -0.536. The van der Waals surface area contributed by atoms with Crippen LogP contribution in [-0.4, -0.2) is 17.6 Å². The number of amides is 2. The Balaban J connectivity index is 1.95. The molecule has 0 bridgehead atoms. The second kappa shape index (κ2) is 8.23. The molecule has 0 aliphatic rings. The van der Waals surface area contributed by atoms with Gasteiger partial charge in [-0.15, -0.1) is 0 Å². The van der Waals surface area contributed by atoms with Gasteiger partial charge < -0.3 is 10.1 Å². The van der Waals surface area contributed by atoms with E-state index in [0.29, 0.717) is 16.3 Å². The number of anilines is 1. The Bertz CT molecular complexity index is 765. The van der Waals surface area contributed by atoms with Gasteiger partial charge in [-0.3, -0.25) is 10.1 Å². The monoisotopic (exact) mass is 374 g/mol. The van der Waals surface area contributed by atoms with Gasteiger partial charge in [-0.05, 0) is 69.7 Å². The summed E-state index contributed by atoms with van der Waals surface area (Å²) in [6.45, 7) is 7.28. The van der Waals surface area contributed by atoms with Crippen LogP contribution in [0.25, 0.3) is 0 Å². The van der Waals surface area contributed by atoms with Gasteiger partial charge in [0, 0.05) is 16.3 Å². The van der Waals surface area contributed by atoms with E-state index in [1.807, 2.05) is 19.1 Å². The van der Waals surface area contributed by atoms with Crippen molar-refractivity contribution in [2.45, 2.75) is 39.3 Å². The number of carbonyl (C=O) groups is 2. The largest absolute Gasteiger partial charge is 0.444 e. The van der Waals surface area contributed by atoms with Crippen LogP contribution in [-0.2, 0) is 4.74 Å². The van der Waals surface area contributed by atoms with Gasteiger partial charge in [-0.25, -0.2) is 4.79 Å². The van der Waals surface area contributed by atoms with Gasteiger partial charge in [0.1, 0.15) is 5.60 Å². The smallest absolute Gasteiger partial charge is 0.412 e. The Morgan fingerprint density at radius 1 is 1.00 bits per heavy atom. The number of carbonyl (C=O) groups excluding carboxylic acids is 2. The first-order valence-corrected chi connectivity index (χ1v) is 8.68. The molecule has 2 aromatic rings. The van der Waals surface area contributed by atoms with Gasteiger partial charge in [-0.2, -0.15) is 0 Å². The first-order valence-electron chi connectivity index (χ1n) is 8.30. The highest BCUT2D eigenvalue weighted by molar-refractivity contribution is 6.30. The van der Waals surface area contributed by atoms with Gasteiger partial charge in [0.15, 0.2) is 0 Å². The normalized spacial score (nSPS) is 12.2. The third-order valence-electron chi connectivity index (χ3n) is 3.51. The molecule has 0 spiro atoms. The lowest BCUT2D eigenvalue weighted by Gasteiger charge is -2.19. The second-order valence-electron chi connectivity index (χ2n) is 6.95. The van der Waals surface area contributed by atoms with Crippen molar-refractivity contribution in [3.05, 3.63) is 64.7 Å². The maximum Gasteiger partial charge on any atom is 0.412 e. The molecule has 6 heteroatoms. The number of nitrogens with one attached hydrogen (secondary N) is 2. The zero-order valence-corrected chi connectivity index (χ0v) is 16.1. The topological polar surface area (TPSA) is 67.4 Å². The summed E-state index contributed by atoms with van der Waals surface area (Å²) in [5.41, 5.74) is 1.45. The van der Waals surface area contributed by atoms with E-state index < -0.39 is 11.7 Å². The lowest BCUT2D eigenvalue weighted by molar-refractivity contribution is 0.0635. The standard InChI is InChI=1S/C20H23ClN2O3/c1-13(14-5-9-16(21)10-6-14)22-18(24)15-7-11-17(12-8-15)23-19(25)26-20(2,3)4/h5-13H,1-4H3,(H,22,24)(H,23,25)/t13-/m0/s1. The Hall–Kier alpha value is -2.53. The van der Waals surface area contributed by atoms with Crippen molar-refractivity contribution < 1.29 is 14.3 Å². The molecule has 0 radical (unpaired) electrons. The van der Waals surface area contributed by atoms with Gasteiger partial charge in [-0.1, -0.05) is 23.7 Å². The summed E-state index contributed by atoms with van der Waals surface area (Å²) in [4.78, 5) is 24.1. The minimum Gasteiger partial charge on any atom is -0.444 e. The Morgan fingerprint density at radius 2 is 1.58 bits per heavy atom. The summed E-state index contributed by atoms with van der Waals surface area (Å²) < 4.78 is 5.19. The van der Waals surface area contributed by atoms with E-state index in [0.717, 1.165) is 5.56 Å². The van der Waals surface area contributed by atoms with Gasteiger partial charge in [0.2, 0.25) is 0 Å². The SMILES string of the molecule is C[C@H](NC(=O)c1ccc(NC(=O)OC(C)(C)C)cc1)c1ccc(Cl)cc1. The summed E-state index contributed by atoms with van der Waals surface area (Å²) in [5.74, 6) is -0.198. The predicted molar refractivity (Wildman–Crippen MR) is 104 cm³/mol. The molecule has 5 nitrogen and oxygen atoms in total. The van der Waals surface area contributed by atoms with Crippen LogP contribution < -0.4 is 10.6 Å². The number of ether oxygens (including phenoxy) is 1. The highest BCUT2D eigenvalue weighted by Crippen LogP contribution is 2.17. The van der Waals surface area contributed by atoms with E-state index in [1.165, 1.54) is 0 Å². The average Bonchev–Trinajstić information content (AvgIpc) is 2.54. The molecule has 2 aromatic carbocycles. The number of hydrogen-bond acceptors (Lipinski definition) is 3. The number of halogens is 1. The molecule has 26 heavy (non-hydrogen) atoms. The van der Waals surface area contributed by atoms with E-state index in [4.69, 9.17) is 16.3 Å². The lowest BCUT2D eigenvalue weighted by Crippen LogP contribution is -2.27. The van der Waals surface area contributed by atoms with Crippen LogP contribution >= 0.6 is 11.6 Å². The molecule has 2 amide bonds. The predicted octanol–water partition coefficient (Wildman–Crippen LogP) is 5.18. The van der Waals surface area contributed by atoms with Crippen LogP contribution in [0, 0.1) is 0 Å². The quantitative estimate of drug-likeness (QED) is 0.774. The molecule has 2 N–H and O–H groups in total. The molecular formula is C20H23ClN2O3. The maximum atomic E-state index is 12.4. The van der Waals surface area contributed by atoms with Gasteiger partial charge >= 0.3 is 6.09 Å². The maximum absolute atomic E-state index is 12.4. The van der Waals surface area contributed by atoms with E-state index in [-0.39, 0.29) is 11.9 Å². The van der Waals surface area contributed by atoms with Crippen molar-refractivity contribution in [1.82, 2.24) is 5.32 Å². The minimum atomic E-state index is -0.568. The first-order chi connectivity index (χ1) is 12.1. The third-order valence-corrected chi connectivity index (χ3v) is 3.76. The molecule has 0 saturated heterocycles. The van der Waals surface area contributed by atoms with Crippen LogP contribution in [0.2, 0.25) is 5.02 Å². The summed E-state index contributed by atoms with van der Waals surface area (Å²) >= 11 is 5.88. The molecule has 0 heterocycles. The summed E-state index contributed by atoms with van der Waals surface area (Å²) in [6, 6.07) is 13.8. The van der Waals surface area contributed by atoms with Crippen molar-refractivity contribution in [2.75, 3.05) is 5.32 Å². The van der Waals surface area contributed by atoms with Gasteiger partial charge in [0.25, 0.3) is 5.91 Å². The average molecular weight is 375 g/mol. The highest BCUT2D eigenvalue weighted by Gasteiger charge is 2.16. The number of hydrogen-bond donors (Lipinski definition) is 2.